The number of nitrogens with one attached hydrogen (secondary N) is 2. The lowest BCUT2D eigenvalue weighted by Crippen LogP contribution is -2.17. The molecule has 0 aliphatic heterocycles. The van der Waals surface area contributed by atoms with Crippen LogP contribution in [0.25, 0.3) is 11.4 Å². The summed E-state index contributed by atoms with van der Waals surface area (Å²) in [7, 11) is 0. The molecule has 0 saturated carbocycles. The maximum Gasteiger partial charge on any atom is 0.255 e. The van der Waals surface area contributed by atoms with E-state index in [0.29, 0.717) is 33.9 Å². The van der Waals surface area contributed by atoms with Gasteiger partial charge in [-0.15, -0.1) is 10.2 Å². The van der Waals surface area contributed by atoms with Gasteiger partial charge in [-0.2, -0.15) is 0 Å². The van der Waals surface area contributed by atoms with Crippen LogP contribution in [0.3, 0.4) is 0 Å². The molecule has 0 saturated heterocycles. The van der Waals surface area contributed by atoms with Gasteiger partial charge in [0.15, 0.2) is 0 Å². The first-order valence-corrected chi connectivity index (χ1v) is 10.3. The van der Waals surface area contributed by atoms with Crippen molar-refractivity contribution >= 4 is 23.2 Å². The third-order valence-electron chi connectivity index (χ3n) is 5.03. The second-order valence-corrected chi connectivity index (χ2v) is 7.22. The highest BCUT2D eigenvalue weighted by Gasteiger charge is 2.15. The Morgan fingerprint density at radius 2 is 1.09 bits per heavy atom. The first-order valence-electron chi connectivity index (χ1n) is 10.3. The molecule has 2 heterocycles. The molecule has 0 spiro atoms. The lowest BCUT2D eigenvalue weighted by molar-refractivity contribution is 0.102. The lowest BCUT2D eigenvalue weighted by Gasteiger charge is -2.12. The molecule has 0 unspecified atom stereocenters. The average Bonchev–Trinajstić information content (AvgIpc) is 3.60. The third-order valence-corrected chi connectivity index (χ3v) is 5.03. The van der Waals surface area contributed by atoms with Gasteiger partial charge in [0.25, 0.3) is 11.8 Å². The quantitative estimate of drug-likeness (QED) is 0.409. The first kappa shape index (κ1) is 20.8. The highest BCUT2D eigenvalue weighted by Crippen LogP contribution is 2.21. The molecule has 10 heteroatoms. The monoisotopic (exact) mass is 450 g/mol. The molecule has 0 bridgehead atoms. The number of anilines is 2. The molecule has 34 heavy (non-hydrogen) atoms. The Balaban J connectivity index is 1.36. The second kappa shape index (κ2) is 9.17. The summed E-state index contributed by atoms with van der Waals surface area (Å²) >= 11 is 0. The predicted octanol–water partition coefficient (Wildman–Crippen LogP) is 3.35. The molecule has 0 atom stereocenters. The van der Waals surface area contributed by atoms with Gasteiger partial charge in [0.05, 0.1) is 47.5 Å². The summed E-state index contributed by atoms with van der Waals surface area (Å²) < 4.78 is 3.12. The van der Waals surface area contributed by atoms with Crippen LogP contribution in [0.1, 0.15) is 20.7 Å². The second-order valence-electron chi connectivity index (χ2n) is 7.22. The zero-order chi connectivity index (χ0) is 23.3. The molecule has 10 nitrogen and oxygen atoms in total. The van der Waals surface area contributed by atoms with Crippen molar-refractivity contribution in [3.8, 4) is 11.4 Å². The van der Waals surface area contributed by atoms with Crippen molar-refractivity contribution < 1.29 is 9.59 Å². The smallest absolute Gasteiger partial charge is 0.255 e. The Morgan fingerprint density at radius 3 is 1.53 bits per heavy atom. The number of carbonyl (C=O) groups is 2. The van der Waals surface area contributed by atoms with E-state index in [1.165, 1.54) is 0 Å². The fraction of sp³-hybridized carbons (Fsp3) is 0. The van der Waals surface area contributed by atoms with Gasteiger partial charge >= 0.3 is 0 Å². The summed E-state index contributed by atoms with van der Waals surface area (Å²) in [5.74, 6) is -0.713. The van der Waals surface area contributed by atoms with Crippen molar-refractivity contribution in [3.63, 3.8) is 0 Å². The van der Waals surface area contributed by atoms with Gasteiger partial charge in [0.1, 0.15) is 0 Å². The zero-order valence-electron chi connectivity index (χ0n) is 17.7. The van der Waals surface area contributed by atoms with Gasteiger partial charge in [-0.05, 0) is 42.5 Å². The van der Waals surface area contributed by atoms with Crippen molar-refractivity contribution in [1.82, 2.24) is 30.0 Å². The van der Waals surface area contributed by atoms with Gasteiger partial charge < -0.3 is 10.6 Å². The van der Waals surface area contributed by atoms with Crippen molar-refractivity contribution in [2.75, 3.05) is 10.6 Å². The highest BCUT2D eigenvalue weighted by atomic mass is 16.2. The number of amides is 2. The molecular formula is C24H18N8O2. The van der Waals surface area contributed by atoms with Crippen molar-refractivity contribution in [2.45, 2.75) is 0 Å². The number of hydrogen-bond donors (Lipinski definition) is 2. The van der Waals surface area contributed by atoms with Crippen LogP contribution in [0.2, 0.25) is 0 Å². The summed E-state index contributed by atoms with van der Waals surface area (Å²) in [4.78, 5) is 25.9. The molecule has 0 aliphatic carbocycles. The van der Waals surface area contributed by atoms with Gasteiger partial charge in [0, 0.05) is 11.1 Å². The minimum absolute atomic E-state index is 0.339. The maximum absolute atomic E-state index is 13.0. The van der Waals surface area contributed by atoms with Crippen LogP contribution >= 0.6 is 0 Å². The molecule has 3 aromatic carbocycles. The van der Waals surface area contributed by atoms with Crippen LogP contribution in [-0.4, -0.2) is 41.8 Å². The molecule has 0 aliphatic rings. The minimum atomic E-state index is -0.356. The number of nitrogens with zero attached hydrogens (tertiary/aromatic N) is 6. The summed E-state index contributed by atoms with van der Waals surface area (Å²) in [6, 6.07) is 21.0. The van der Waals surface area contributed by atoms with E-state index in [4.69, 9.17) is 0 Å². The molecule has 0 fully saturated rings. The number of aromatic nitrogens is 6. The summed E-state index contributed by atoms with van der Waals surface area (Å²) in [6.07, 6.45) is 6.49. The van der Waals surface area contributed by atoms with E-state index in [1.807, 2.05) is 36.4 Å². The molecule has 2 aromatic heterocycles. The normalized spacial score (nSPS) is 10.6. The largest absolute Gasteiger partial charge is 0.320 e. The van der Waals surface area contributed by atoms with Crippen molar-refractivity contribution in [2.24, 2.45) is 0 Å². The number of carbonyl (C=O) groups excluding carboxylic acids is 2. The topological polar surface area (TPSA) is 120 Å². The third kappa shape index (κ3) is 4.28. The Hall–Kier alpha value is -5.12. The van der Waals surface area contributed by atoms with E-state index >= 15 is 0 Å². The Bertz CT molecular complexity index is 1340. The van der Waals surface area contributed by atoms with Crippen LogP contribution in [-0.2, 0) is 0 Å². The van der Waals surface area contributed by atoms with E-state index < -0.39 is 0 Å². The fourth-order valence-corrected chi connectivity index (χ4v) is 3.42. The number of para-hydroxylation sites is 4. The highest BCUT2D eigenvalue weighted by molar-refractivity contribution is 6.09. The van der Waals surface area contributed by atoms with Crippen LogP contribution in [0.4, 0.5) is 11.4 Å². The van der Waals surface area contributed by atoms with Gasteiger partial charge in [-0.1, -0.05) is 40.8 Å². The minimum Gasteiger partial charge on any atom is -0.320 e. The van der Waals surface area contributed by atoms with Crippen molar-refractivity contribution in [1.29, 1.82) is 0 Å². The summed E-state index contributed by atoms with van der Waals surface area (Å²) in [5.41, 5.74) is 3.15. The fourth-order valence-electron chi connectivity index (χ4n) is 3.42. The van der Waals surface area contributed by atoms with E-state index in [0.717, 1.165) is 0 Å². The van der Waals surface area contributed by atoms with E-state index in [9.17, 15) is 9.59 Å². The molecule has 2 amide bonds. The molecular weight excluding hydrogens is 432 g/mol. The Morgan fingerprint density at radius 1 is 0.618 bits per heavy atom. The van der Waals surface area contributed by atoms with Gasteiger partial charge in [0.2, 0.25) is 0 Å². The number of hydrogen-bond acceptors (Lipinski definition) is 6. The van der Waals surface area contributed by atoms with Crippen LogP contribution < -0.4 is 10.6 Å². The summed E-state index contributed by atoms with van der Waals surface area (Å²) in [5, 5.41) is 21.3. The van der Waals surface area contributed by atoms with Crippen LogP contribution in [0.5, 0.6) is 0 Å². The van der Waals surface area contributed by atoms with E-state index in [2.05, 4.69) is 31.3 Å². The van der Waals surface area contributed by atoms with E-state index in [-0.39, 0.29) is 11.8 Å². The van der Waals surface area contributed by atoms with Crippen LogP contribution in [0.15, 0.2) is 97.6 Å². The predicted molar refractivity (Wildman–Crippen MR) is 125 cm³/mol. The molecule has 5 aromatic rings. The van der Waals surface area contributed by atoms with Gasteiger partial charge in [-0.3, -0.25) is 9.59 Å². The molecule has 0 radical (unpaired) electrons. The SMILES string of the molecule is O=C(Nc1ccccc1-n1ccnn1)c1cccc(C(=O)Nc2ccccc2-n2ccnn2)c1. The molecule has 5 rings (SSSR count). The number of rotatable bonds is 6. The standard InChI is InChI=1S/C24H18N8O2/c33-23(27-19-8-1-3-10-21(19)31-14-12-25-29-31)17-6-5-7-18(16-17)24(34)28-20-9-2-4-11-22(20)32-15-13-26-30-32/h1-16H,(H,27,33)(H,28,34). The van der Waals surface area contributed by atoms with E-state index in [1.54, 1.807) is 70.5 Å². The lowest BCUT2D eigenvalue weighted by atomic mass is 10.1. The van der Waals surface area contributed by atoms with Crippen LogP contribution in [0, 0.1) is 0 Å². The molecule has 2 N–H and O–H groups in total. The maximum atomic E-state index is 13.0. The van der Waals surface area contributed by atoms with Crippen molar-refractivity contribution in [3.05, 3.63) is 109 Å². The first-order chi connectivity index (χ1) is 16.7. The molecule has 166 valence electrons. The Labute approximate surface area is 193 Å². The summed E-state index contributed by atoms with van der Waals surface area (Å²) in [6.45, 7) is 0. The van der Waals surface area contributed by atoms with Gasteiger partial charge in [-0.25, -0.2) is 9.36 Å². The zero-order valence-corrected chi connectivity index (χ0v) is 17.7. The number of benzene rings is 3. The Kier molecular flexibility index (Phi) is 5.60. The average molecular weight is 450 g/mol.